The maximum atomic E-state index is 14.9. The smallest absolute Gasteiger partial charge is 0.265 e. The van der Waals surface area contributed by atoms with Crippen LogP contribution in [0.1, 0.15) is 25.0 Å². The average Bonchev–Trinajstić information content (AvgIpc) is 3.14. The number of rotatable bonds is 17. The summed E-state index contributed by atoms with van der Waals surface area (Å²) < 4.78 is 52.1. The maximum absolute atomic E-state index is 14.9. The molecule has 2 amide bonds. The number of benzene rings is 4. The van der Waals surface area contributed by atoms with Crippen molar-refractivity contribution < 1.29 is 37.0 Å². The average molecular weight is 738 g/mol. The highest BCUT2D eigenvalue weighted by atomic mass is 35.5. The van der Waals surface area contributed by atoms with Gasteiger partial charge >= 0.3 is 0 Å². The minimum Gasteiger partial charge on any atom is -0.497 e. The Bertz CT molecular complexity index is 1910. The molecule has 0 saturated carbocycles. The lowest BCUT2D eigenvalue weighted by molar-refractivity contribution is -0.140. The zero-order chi connectivity index (χ0) is 37.1. The van der Waals surface area contributed by atoms with Gasteiger partial charge in [0.25, 0.3) is 10.0 Å². The van der Waals surface area contributed by atoms with Gasteiger partial charge in [-0.3, -0.25) is 13.9 Å². The molecule has 0 fully saturated rings. The van der Waals surface area contributed by atoms with E-state index in [1.807, 2.05) is 44.2 Å². The quantitative estimate of drug-likeness (QED) is 0.140. The number of nitrogens with one attached hydrogen (secondary N) is 1. The van der Waals surface area contributed by atoms with E-state index in [1.165, 1.54) is 57.6 Å². The molecular weight excluding hydrogens is 694 g/mol. The van der Waals surface area contributed by atoms with Crippen molar-refractivity contribution in [2.24, 2.45) is 5.92 Å². The molecule has 0 heterocycles. The Morgan fingerprint density at radius 3 is 2.06 bits per heavy atom. The predicted molar refractivity (Wildman–Crippen MR) is 197 cm³/mol. The second-order valence-corrected chi connectivity index (χ2v) is 14.3. The van der Waals surface area contributed by atoms with Crippen LogP contribution in [0.2, 0.25) is 5.02 Å². The number of carbonyl (C=O) groups is 2. The van der Waals surface area contributed by atoms with E-state index in [1.54, 1.807) is 36.4 Å². The summed E-state index contributed by atoms with van der Waals surface area (Å²) in [6.45, 7) is 3.52. The van der Waals surface area contributed by atoms with Crippen LogP contribution in [0.15, 0.2) is 95.9 Å². The highest BCUT2D eigenvalue weighted by Gasteiger charge is 2.36. The normalized spacial score (nSPS) is 11.8. The lowest BCUT2D eigenvalue weighted by atomic mass is 10.0. The molecule has 0 aliphatic rings. The summed E-state index contributed by atoms with van der Waals surface area (Å²) in [6.07, 6.45) is 0.159. The SMILES string of the molecule is COc1ccc(OC)c(N(CC(=O)N(Cc2ccccc2Cl)[C@H](Cc2ccccc2)C(=O)NCC(C)C)S(=O)(=O)c2ccc(OC)c(OC)c2)c1. The summed E-state index contributed by atoms with van der Waals surface area (Å²) in [7, 11) is 1.16. The molecule has 51 heavy (non-hydrogen) atoms. The molecule has 0 aliphatic carbocycles. The van der Waals surface area contributed by atoms with Crippen molar-refractivity contribution in [2.75, 3.05) is 45.8 Å². The summed E-state index contributed by atoms with van der Waals surface area (Å²) >= 11 is 6.60. The number of anilines is 1. The van der Waals surface area contributed by atoms with Crippen LogP contribution in [-0.4, -0.2) is 72.7 Å². The van der Waals surface area contributed by atoms with Crippen molar-refractivity contribution in [3.05, 3.63) is 107 Å². The van der Waals surface area contributed by atoms with Crippen LogP contribution in [0.25, 0.3) is 0 Å². The molecule has 1 N–H and O–H groups in total. The van der Waals surface area contributed by atoms with Crippen LogP contribution in [0.3, 0.4) is 0 Å². The van der Waals surface area contributed by atoms with Crippen LogP contribution in [0.4, 0.5) is 5.69 Å². The molecular formula is C38H44ClN3O8S. The number of carbonyl (C=O) groups excluding carboxylic acids is 2. The first-order valence-electron chi connectivity index (χ1n) is 16.2. The van der Waals surface area contributed by atoms with E-state index in [0.29, 0.717) is 28.6 Å². The molecule has 0 radical (unpaired) electrons. The first-order chi connectivity index (χ1) is 24.4. The first kappa shape index (κ1) is 38.9. The fourth-order valence-corrected chi connectivity index (χ4v) is 7.02. The van der Waals surface area contributed by atoms with E-state index < -0.39 is 28.5 Å². The van der Waals surface area contributed by atoms with Crippen LogP contribution < -0.4 is 28.6 Å². The van der Waals surface area contributed by atoms with E-state index in [-0.39, 0.29) is 46.9 Å². The van der Waals surface area contributed by atoms with Gasteiger partial charge < -0.3 is 29.2 Å². The molecule has 11 nitrogen and oxygen atoms in total. The summed E-state index contributed by atoms with van der Waals surface area (Å²) in [5.74, 6) is 0.0783. The van der Waals surface area contributed by atoms with Gasteiger partial charge in [-0.2, -0.15) is 0 Å². The van der Waals surface area contributed by atoms with Gasteiger partial charge in [0.15, 0.2) is 11.5 Å². The highest BCUT2D eigenvalue weighted by Crippen LogP contribution is 2.38. The lowest BCUT2D eigenvalue weighted by Crippen LogP contribution is -2.53. The fourth-order valence-electron chi connectivity index (χ4n) is 5.40. The molecule has 0 aliphatic heterocycles. The number of methoxy groups -OCH3 is 4. The van der Waals surface area contributed by atoms with Gasteiger partial charge in [0.05, 0.1) is 39.0 Å². The zero-order valence-corrected chi connectivity index (χ0v) is 31.2. The van der Waals surface area contributed by atoms with Gasteiger partial charge in [-0.25, -0.2) is 8.42 Å². The Kier molecular flexibility index (Phi) is 13.6. The molecule has 0 spiro atoms. The fraction of sp³-hybridized carbons (Fsp3) is 0.316. The van der Waals surface area contributed by atoms with Crippen LogP contribution >= 0.6 is 11.6 Å². The minimum absolute atomic E-state index is 0.0431. The molecule has 0 aromatic heterocycles. The number of halogens is 1. The monoisotopic (exact) mass is 737 g/mol. The number of hydrogen-bond acceptors (Lipinski definition) is 8. The topological polar surface area (TPSA) is 124 Å². The molecule has 13 heteroatoms. The molecule has 0 unspecified atom stereocenters. The van der Waals surface area contributed by atoms with Crippen molar-refractivity contribution in [3.8, 4) is 23.0 Å². The van der Waals surface area contributed by atoms with Crippen molar-refractivity contribution in [3.63, 3.8) is 0 Å². The van der Waals surface area contributed by atoms with Crippen molar-refractivity contribution in [2.45, 2.75) is 37.8 Å². The van der Waals surface area contributed by atoms with Crippen molar-refractivity contribution >= 4 is 39.1 Å². The standard InChI is InChI=1S/C38H44ClN3O8S/c1-26(2)23-40-38(44)33(20-27-12-8-7-9-13-27)41(24-28-14-10-11-15-31(28)39)37(43)25-42(32-21-29(47-3)16-18-34(32)48-4)51(45,46)30-17-19-35(49-5)36(22-30)50-6/h7-19,21-22,26,33H,20,23-25H2,1-6H3,(H,40,44)/t33-/m1/s1. The molecule has 1 atom stereocenters. The van der Waals surface area contributed by atoms with E-state index in [2.05, 4.69) is 5.32 Å². The molecule has 0 bridgehead atoms. The Hall–Kier alpha value is -4.94. The van der Waals surface area contributed by atoms with E-state index in [0.717, 1.165) is 9.87 Å². The van der Waals surface area contributed by atoms with Crippen molar-refractivity contribution in [1.82, 2.24) is 10.2 Å². The third-order valence-electron chi connectivity index (χ3n) is 8.13. The minimum atomic E-state index is -4.52. The zero-order valence-electron chi connectivity index (χ0n) is 29.6. The van der Waals surface area contributed by atoms with Gasteiger partial charge in [-0.15, -0.1) is 0 Å². The van der Waals surface area contributed by atoms with Crippen LogP contribution in [-0.2, 0) is 32.6 Å². The predicted octanol–water partition coefficient (Wildman–Crippen LogP) is 5.98. The largest absolute Gasteiger partial charge is 0.497 e. The first-order valence-corrected chi connectivity index (χ1v) is 18.1. The molecule has 4 aromatic carbocycles. The summed E-state index contributed by atoms with van der Waals surface area (Å²) in [5, 5.41) is 3.37. The summed E-state index contributed by atoms with van der Waals surface area (Å²) in [5.41, 5.74) is 1.43. The maximum Gasteiger partial charge on any atom is 0.265 e. The van der Waals surface area contributed by atoms with Gasteiger partial charge in [0.1, 0.15) is 24.1 Å². The van der Waals surface area contributed by atoms with Gasteiger partial charge in [0.2, 0.25) is 11.8 Å². The lowest BCUT2D eigenvalue weighted by Gasteiger charge is -2.34. The second kappa shape index (κ2) is 17.8. The molecule has 4 aromatic rings. The van der Waals surface area contributed by atoms with E-state index >= 15 is 0 Å². The Balaban J connectivity index is 1.90. The van der Waals surface area contributed by atoms with E-state index in [9.17, 15) is 18.0 Å². The van der Waals surface area contributed by atoms with Gasteiger partial charge in [0, 0.05) is 36.7 Å². The number of hydrogen-bond donors (Lipinski definition) is 1. The summed E-state index contributed by atoms with van der Waals surface area (Å²) in [4.78, 5) is 30.1. The van der Waals surface area contributed by atoms with Crippen LogP contribution in [0, 0.1) is 5.92 Å². The number of sulfonamides is 1. The molecule has 4 rings (SSSR count). The third kappa shape index (κ3) is 9.65. The van der Waals surface area contributed by atoms with Gasteiger partial charge in [-0.05, 0) is 47.4 Å². The summed E-state index contributed by atoms with van der Waals surface area (Å²) in [6, 6.07) is 24.1. The second-order valence-electron chi connectivity index (χ2n) is 12.0. The number of amides is 2. The van der Waals surface area contributed by atoms with Crippen LogP contribution in [0.5, 0.6) is 23.0 Å². The Labute approximate surface area is 305 Å². The number of ether oxygens (including phenoxy) is 4. The highest BCUT2D eigenvalue weighted by molar-refractivity contribution is 7.92. The third-order valence-corrected chi connectivity index (χ3v) is 10.3. The van der Waals surface area contributed by atoms with E-state index in [4.69, 9.17) is 30.5 Å². The molecule has 0 saturated heterocycles. The Morgan fingerprint density at radius 2 is 1.43 bits per heavy atom. The molecule has 272 valence electrons. The number of nitrogens with zero attached hydrogens (tertiary/aromatic N) is 2. The van der Waals surface area contributed by atoms with Crippen molar-refractivity contribution in [1.29, 1.82) is 0 Å². The van der Waals surface area contributed by atoms with Gasteiger partial charge in [-0.1, -0.05) is 74.0 Å². The Morgan fingerprint density at radius 1 is 0.784 bits per heavy atom.